The summed E-state index contributed by atoms with van der Waals surface area (Å²) >= 11 is 0. The summed E-state index contributed by atoms with van der Waals surface area (Å²) in [5.74, 6) is -1.47. The van der Waals surface area contributed by atoms with Crippen LogP contribution in [0.25, 0.3) is 0 Å². The van der Waals surface area contributed by atoms with Gasteiger partial charge in [-0.25, -0.2) is 8.78 Å². The first-order valence-electron chi connectivity index (χ1n) is 5.48. The van der Waals surface area contributed by atoms with Crippen molar-refractivity contribution < 1.29 is 18.3 Å². The number of halogens is 2. The van der Waals surface area contributed by atoms with Gasteiger partial charge < -0.3 is 10.1 Å². The Morgan fingerprint density at radius 1 is 1.41 bits per heavy atom. The maximum atomic E-state index is 13.1. The Labute approximate surface area is 98.8 Å². The van der Waals surface area contributed by atoms with Crippen molar-refractivity contribution in [3.63, 3.8) is 0 Å². The average molecular weight is 243 g/mol. The van der Waals surface area contributed by atoms with E-state index in [0.717, 1.165) is 18.6 Å². The first-order chi connectivity index (χ1) is 8.13. The highest BCUT2D eigenvalue weighted by atomic mass is 19.1. The zero-order valence-electron chi connectivity index (χ0n) is 9.63. The van der Waals surface area contributed by atoms with Gasteiger partial charge in [0, 0.05) is 12.5 Å². The molecule has 5 heteroatoms. The number of nitrogens with one attached hydrogen (secondary N) is 1. The van der Waals surface area contributed by atoms with Crippen molar-refractivity contribution in [2.45, 2.75) is 19.8 Å². The average Bonchev–Trinajstić information content (AvgIpc) is 2.27. The van der Waals surface area contributed by atoms with Gasteiger partial charge in [-0.3, -0.25) is 4.79 Å². The molecule has 0 aliphatic rings. The summed E-state index contributed by atoms with van der Waals surface area (Å²) < 4.78 is 30.7. The van der Waals surface area contributed by atoms with Crippen molar-refractivity contribution in [1.82, 2.24) is 5.32 Å². The van der Waals surface area contributed by atoms with Gasteiger partial charge in [-0.2, -0.15) is 0 Å². The maximum Gasteiger partial charge on any atom is 0.220 e. The molecule has 0 radical (unpaired) electrons. The number of hydrogen-bond acceptors (Lipinski definition) is 2. The van der Waals surface area contributed by atoms with Crippen LogP contribution in [-0.4, -0.2) is 19.1 Å². The van der Waals surface area contributed by atoms with Crippen molar-refractivity contribution in [2.24, 2.45) is 0 Å². The smallest absolute Gasteiger partial charge is 0.220 e. The summed E-state index contributed by atoms with van der Waals surface area (Å²) in [6.07, 6.45) is 1.24. The molecule has 17 heavy (non-hydrogen) atoms. The lowest BCUT2D eigenvalue weighted by molar-refractivity contribution is -0.121. The predicted octanol–water partition coefficient (Wildman–Crippen LogP) is 2.26. The normalized spacial score (nSPS) is 10.1. The summed E-state index contributed by atoms with van der Waals surface area (Å²) in [4.78, 5) is 11.1. The zero-order chi connectivity index (χ0) is 12.7. The molecule has 1 N–H and O–H groups in total. The summed E-state index contributed by atoms with van der Waals surface area (Å²) in [6.45, 7) is 2.36. The molecule has 0 saturated heterocycles. The second-order valence-corrected chi connectivity index (χ2v) is 3.52. The van der Waals surface area contributed by atoms with Gasteiger partial charge in [-0.15, -0.1) is 0 Å². The van der Waals surface area contributed by atoms with Crippen LogP contribution in [0.15, 0.2) is 18.2 Å². The molecule has 0 saturated carbocycles. The summed E-state index contributed by atoms with van der Waals surface area (Å²) in [5.41, 5.74) is 0. The molecular formula is C12H15F2NO2. The fraction of sp³-hybridized carbons (Fsp3) is 0.417. The molecule has 3 nitrogen and oxygen atoms in total. The van der Waals surface area contributed by atoms with Crippen LogP contribution in [-0.2, 0) is 4.79 Å². The van der Waals surface area contributed by atoms with Crippen LogP contribution in [0.3, 0.4) is 0 Å². The first kappa shape index (κ1) is 13.4. The summed E-state index contributed by atoms with van der Waals surface area (Å²) in [6, 6.07) is 3.09. The molecule has 0 heterocycles. The van der Waals surface area contributed by atoms with Gasteiger partial charge in [0.1, 0.15) is 12.4 Å². The Bertz CT molecular complexity index is 383. The van der Waals surface area contributed by atoms with E-state index in [4.69, 9.17) is 4.74 Å². The third-order valence-electron chi connectivity index (χ3n) is 2.05. The van der Waals surface area contributed by atoms with E-state index in [1.807, 2.05) is 6.92 Å². The SMILES string of the molecule is CCCC(=O)NCCOc1ccc(F)cc1F. The van der Waals surface area contributed by atoms with Gasteiger partial charge in [-0.05, 0) is 18.6 Å². The third kappa shape index (κ3) is 4.80. The molecule has 0 fully saturated rings. The predicted molar refractivity (Wildman–Crippen MR) is 59.8 cm³/mol. The molecule has 0 bridgehead atoms. The van der Waals surface area contributed by atoms with Crippen molar-refractivity contribution >= 4 is 5.91 Å². The minimum absolute atomic E-state index is 0.0175. The monoisotopic (exact) mass is 243 g/mol. The van der Waals surface area contributed by atoms with Crippen molar-refractivity contribution in [3.8, 4) is 5.75 Å². The fourth-order valence-corrected chi connectivity index (χ4v) is 1.26. The number of carbonyl (C=O) groups is 1. The number of hydrogen-bond donors (Lipinski definition) is 1. The van der Waals surface area contributed by atoms with Crippen LogP contribution in [0.4, 0.5) is 8.78 Å². The zero-order valence-corrected chi connectivity index (χ0v) is 9.63. The Kier molecular flexibility index (Phi) is 5.39. The van der Waals surface area contributed by atoms with Crippen LogP contribution in [0.5, 0.6) is 5.75 Å². The lowest BCUT2D eigenvalue weighted by atomic mass is 10.3. The van der Waals surface area contributed by atoms with Crippen LogP contribution < -0.4 is 10.1 Å². The summed E-state index contributed by atoms with van der Waals surface area (Å²) in [5, 5.41) is 2.62. The fourth-order valence-electron chi connectivity index (χ4n) is 1.26. The second-order valence-electron chi connectivity index (χ2n) is 3.52. The molecular weight excluding hydrogens is 228 g/mol. The van der Waals surface area contributed by atoms with Crippen LogP contribution in [0.1, 0.15) is 19.8 Å². The standard InChI is InChI=1S/C12H15F2NO2/c1-2-3-12(16)15-6-7-17-11-5-4-9(13)8-10(11)14/h4-5,8H,2-3,6-7H2,1H3,(H,15,16). The highest BCUT2D eigenvalue weighted by Gasteiger charge is 2.04. The first-order valence-corrected chi connectivity index (χ1v) is 5.48. The van der Waals surface area contributed by atoms with Gasteiger partial charge in [0.2, 0.25) is 5.91 Å². The number of carbonyl (C=O) groups excluding carboxylic acids is 1. The van der Waals surface area contributed by atoms with Crippen LogP contribution in [0, 0.1) is 11.6 Å². The van der Waals surface area contributed by atoms with E-state index in [1.54, 1.807) is 0 Å². The molecule has 0 atom stereocenters. The van der Waals surface area contributed by atoms with Crippen LogP contribution in [0.2, 0.25) is 0 Å². The van der Waals surface area contributed by atoms with E-state index in [2.05, 4.69) is 5.32 Å². The lowest BCUT2D eigenvalue weighted by Gasteiger charge is -2.08. The molecule has 0 aliphatic heterocycles. The Balaban J connectivity index is 2.29. The van der Waals surface area contributed by atoms with Gasteiger partial charge in [0.05, 0.1) is 6.54 Å². The molecule has 0 aromatic heterocycles. The molecule has 94 valence electrons. The van der Waals surface area contributed by atoms with Gasteiger partial charge in [0.15, 0.2) is 11.6 Å². The van der Waals surface area contributed by atoms with E-state index in [-0.39, 0.29) is 18.3 Å². The Morgan fingerprint density at radius 2 is 2.18 bits per heavy atom. The van der Waals surface area contributed by atoms with Gasteiger partial charge in [-0.1, -0.05) is 6.92 Å². The molecule has 1 aromatic rings. The van der Waals surface area contributed by atoms with Gasteiger partial charge >= 0.3 is 0 Å². The number of rotatable bonds is 6. The molecule has 0 unspecified atom stereocenters. The minimum atomic E-state index is -0.745. The topological polar surface area (TPSA) is 38.3 Å². The van der Waals surface area contributed by atoms with Gasteiger partial charge in [0.25, 0.3) is 0 Å². The Morgan fingerprint density at radius 3 is 2.82 bits per heavy atom. The molecule has 1 aromatic carbocycles. The molecule has 1 amide bonds. The number of amides is 1. The lowest BCUT2D eigenvalue weighted by Crippen LogP contribution is -2.27. The van der Waals surface area contributed by atoms with E-state index in [9.17, 15) is 13.6 Å². The maximum absolute atomic E-state index is 13.1. The third-order valence-corrected chi connectivity index (χ3v) is 2.05. The van der Waals surface area contributed by atoms with E-state index >= 15 is 0 Å². The van der Waals surface area contributed by atoms with E-state index < -0.39 is 11.6 Å². The summed E-state index contributed by atoms with van der Waals surface area (Å²) in [7, 11) is 0. The number of ether oxygens (including phenoxy) is 1. The number of benzene rings is 1. The van der Waals surface area contributed by atoms with E-state index in [0.29, 0.717) is 13.0 Å². The van der Waals surface area contributed by atoms with Crippen LogP contribution >= 0.6 is 0 Å². The quantitative estimate of drug-likeness (QED) is 0.778. The highest BCUT2D eigenvalue weighted by Crippen LogP contribution is 2.17. The highest BCUT2D eigenvalue weighted by molar-refractivity contribution is 5.75. The second kappa shape index (κ2) is 6.83. The Hall–Kier alpha value is -1.65. The van der Waals surface area contributed by atoms with Crippen molar-refractivity contribution in [2.75, 3.05) is 13.2 Å². The molecule has 1 rings (SSSR count). The molecule has 0 aliphatic carbocycles. The largest absolute Gasteiger partial charge is 0.489 e. The van der Waals surface area contributed by atoms with Crippen molar-refractivity contribution in [1.29, 1.82) is 0 Å². The van der Waals surface area contributed by atoms with E-state index in [1.165, 1.54) is 6.07 Å². The minimum Gasteiger partial charge on any atom is -0.489 e. The van der Waals surface area contributed by atoms with Crippen molar-refractivity contribution in [3.05, 3.63) is 29.8 Å². The molecule has 0 spiro atoms.